The van der Waals surface area contributed by atoms with Crippen LogP contribution in [0.3, 0.4) is 0 Å². The Morgan fingerprint density at radius 2 is 0.628 bits per heavy atom. The van der Waals surface area contributed by atoms with E-state index in [1.165, 1.54) is 30.6 Å². The fraction of sp³-hybridized carbons (Fsp3) is 0.700. The number of carbonyl (C=O) groups excluding carboxylic acids is 3. The molecule has 500 valence electrons. The topological polar surface area (TPSA) is 406 Å². The fourth-order valence-corrected chi connectivity index (χ4v) is 5.98. The van der Waals surface area contributed by atoms with Gasteiger partial charge in [-0.1, -0.05) is 60.7 Å². The number of anilines is 7. The van der Waals surface area contributed by atoms with Crippen LogP contribution in [0.1, 0.15) is 120 Å². The van der Waals surface area contributed by atoms with Crippen molar-refractivity contribution in [2.45, 2.75) is 147 Å². The highest BCUT2D eigenvalue weighted by Crippen LogP contribution is 2.16. The van der Waals surface area contributed by atoms with Crippen molar-refractivity contribution in [3.8, 4) is 0 Å². The van der Waals surface area contributed by atoms with Crippen molar-refractivity contribution in [1.29, 1.82) is 0 Å². The van der Waals surface area contributed by atoms with Crippen molar-refractivity contribution in [3.05, 3.63) is 15.9 Å². The van der Waals surface area contributed by atoms with Crippen LogP contribution in [-0.4, -0.2) is 193 Å². The van der Waals surface area contributed by atoms with Crippen LogP contribution < -0.4 is 64.6 Å². The first-order valence-corrected chi connectivity index (χ1v) is 29.6. The van der Waals surface area contributed by atoms with E-state index in [2.05, 4.69) is 131 Å². The molecule has 0 aromatic carbocycles. The molecule has 0 radical (unpaired) electrons. The van der Waals surface area contributed by atoms with E-state index in [1.807, 2.05) is 54.1 Å². The number of nitrogens with two attached hydrogens (primary N) is 2. The van der Waals surface area contributed by atoms with Gasteiger partial charge in [-0.25, -0.2) is 14.4 Å². The van der Waals surface area contributed by atoms with E-state index in [0.29, 0.717) is 105 Å². The van der Waals surface area contributed by atoms with Crippen molar-refractivity contribution < 1.29 is 28.6 Å². The van der Waals surface area contributed by atoms with Gasteiger partial charge in [-0.2, -0.15) is 72.4 Å². The van der Waals surface area contributed by atoms with E-state index < -0.39 is 35.1 Å². The molecule has 0 saturated carbocycles. The van der Waals surface area contributed by atoms with Crippen LogP contribution in [0, 0.1) is 0 Å². The standard InChI is InChI=1S/C13H24N6O2S.C12H21ClN6O2.C10H15Cl2N5O2.C8H16N6S.CH5N.CH4S.5CH4/c1-6-14-9-17-10(19-11(18-9)22-5)15-7-8-16-12(20)21-13(2,3)4;1-5-14-9-17-8(13)18-10(19-9)15-6-7-16-11(20)21-12(2,3)4;1-10(2,3)19-9(18)14-5-4-13-8-16-6(11)15-7(12)17-8;1-3-10-6-12-7(11-5-4-9)14-8(13-6)15-2;2*1-2;;;;;/h6-8H2,1-5H3,(H,16,20)(H2,14,15,17,18,19);5-7H2,1-4H3,(H,16,20)(H2,14,15,17,18,19);4-5H2,1-3H3,(H,14,18)(H,13,15,16,17);3-5,9H2,1-2H3,(H2,10,11,12,13,14);2H2,1H3;2H,1H3;5*1H4. The van der Waals surface area contributed by atoms with Gasteiger partial charge >= 0.3 is 18.3 Å². The van der Waals surface area contributed by atoms with Gasteiger partial charge in [-0.15, -0.1) is 0 Å². The lowest BCUT2D eigenvalue weighted by Gasteiger charge is -2.19. The third-order valence-electron chi connectivity index (χ3n) is 7.45. The summed E-state index contributed by atoms with van der Waals surface area (Å²) in [5, 5.41) is 30.2. The van der Waals surface area contributed by atoms with Gasteiger partial charge in [0.1, 0.15) is 16.8 Å². The Morgan fingerprint density at radius 1 is 0.407 bits per heavy atom. The second kappa shape index (κ2) is 53.5. The number of nitrogens with one attached hydrogen (secondary N) is 10. The van der Waals surface area contributed by atoms with E-state index in [0.717, 1.165) is 13.1 Å². The first-order valence-electron chi connectivity index (χ1n) is 25.1. The predicted octanol–water partition coefficient (Wildman–Crippen LogP) is 9.67. The first-order chi connectivity index (χ1) is 38.2. The minimum absolute atomic E-state index is 0. The summed E-state index contributed by atoms with van der Waals surface area (Å²) in [5.41, 5.74) is 8.35. The highest BCUT2D eigenvalue weighted by atomic mass is 35.5. The number of hydrogen-bond donors (Lipinski definition) is 13. The Labute approximate surface area is 541 Å². The molecule has 0 fully saturated rings. The Balaban J connectivity index is -0.000000187. The number of halogens is 3. The summed E-state index contributed by atoms with van der Waals surface area (Å²) in [5.74, 6) is 3.16. The monoisotopic (exact) mass is 1340 g/mol. The molecule has 0 aliphatic rings. The van der Waals surface area contributed by atoms with Crippen molar-refractivity contribution in [2.75, 3.05) is 135 Å². The molecular weight excluding hydrogens is 1240 g/mol. The summed E-state index contributed by atoms with van der Waals surface area (Å²) >= 11 is 23.5. The van der Waals surface area contributed by atoms with Crippen LogP contribution >= 0.6 is 71.0 Å². The quantitative estimate of drug-likeness (QED) is 0.0142. The van der Waals surface area contributed by atoms with Crippen LogP contribution in [0.15, 0.2) is 10.3 Å². The number of thioether (sulfide) groups is 2. The molecule has 0 spiro atoms. The summed E-state index contributed by atoms with van der Waals surface area (Å²) in [4.78, 5) is 82.8. The summed E-state index contributed by atoms with van der Waals surface area (Å²) in [6.07, 6.45) is 4.13. The molecule has 4 rings (SSSR count). The van der Waals surface area contributed by atoms with Gasteiger partial charge in [-0.3, -0.25) is 0 Å². The SMILES string of the molecule is C.C.C.C.C.CC(C)(C)OC(=O)NCCNc1nc(Cl)nc(Cl)n1.CCNc1nc(Cl)nc(NCCNC(=O)OC(C)(C)C)n1.CCNc1nc(NCCN)nc(SC)n1.CCNc1nc(NCCNC(=O)OC(C)(C)C)nc(SC)n1.CN.CS. The molecular formula is C50H105Cl3N24O6S3. The Hall–Kier alpha value is -5.71. The third-order valence-corrected chi connectivity index (χ3v) is 9.05. The molecule has 0 aliphatic carbocycles. The number of thiol groups is 1. The maximum atomic E-state index is 11.5. The molecule has 4 aromatic rings. The molecule has 4 heterocycles. The molecule has 0 saturated heterocycles. The third kappa shape index (κ3) is 51.5. The summed E-state index contributed by atoms with van der Waals surface area (Å²) in [7, 11) is 1.50. The average molecular weight is 1340 g/mol. The number of carbonyl (C=O) groups is 3. The lowest BCUT2D eigenvalue weighted by molar-refractivity contribution is 0.0518. The molecule has 0 bridgehead atoms. The molecule has 0 unspecified atom stereocenters. The normalized spacial score (nSPS) is 9.79. The molecule has 3 amide bonds. The minimum Gasteiger partial charge on any atom is -0.444 e. The number of ether oxygens (including phenoxy) is 3. The number of rotatable bonds is 23. The van der Waals surface area contributed by atoms with Crippen LogP contribution in [0.2, 0.25) is 15.9 Å². The minimum atomic E-state index is -0.521. The maximum Gasteiger partial charge on any atom is 0.407 e. The second-order valence-corrected chi connectivity index (χ2v) is 20.3. The summed E-state index contributed by atoms with van der Waals surface area (Å²) in [6, 6.07) is 0. The van der Waals surface area contributed by atoms with Gasteiger partial charge in [0.25, 0.3) is 0 Å². The van der Waals surface area contributed by atoms with Crippen LogP contribution in [-0.2, 0) is 14.2 Å². The first kappa shape index (κ1) is 94.0. The van der Waals surface area contributed by atoms with Crippen molar-refractivity contribution in [3.63, 3.8) is 0 Å². The van der Waals surface area contributed by atoms with E-state index in [1.54, 1.807) is 47.8 Å². The van der Waals surface area contributed by atoms with Gasteiger partial charge in [0.2, 0.25) is 57.5 Å². The largest absolute Gasteiger partial charge is 0.444 e. The lowest BCUT2D eigenvalue weighted by atomic mass is 10.2. The number of hydrogen-bond acceptors (Lipinski definition) is 30. The van der Waals surface area contributed by atoms with E-state index >= 15 is 0 Å². The predicted molar refractivity (Wildman–Crippen MR) is 365 cm³/mol. The van der Waals surface area contributed by atoms with E-state index in [4.69, 9.17) is 54.7 Å². The second-order valence-electron chi connectivity index (χ2n) is 17.8. The fourth-order valence-electron chi connectivity index (χ4n) is 4.74. The van der Waals surface area contributed by atoms with E-state index in [9.17, 15) is 14.4 Å². The maximum absolute atomic E-state index is 11.5. The van der Waals surface area contributed by atoms with Crippen molar-refractivity contribution in [2.24, 2.45) is 11.5 Å². The molecule has 30 nitrogen and oxygen atoms in total. The Bertz CT molecular complexity index is 2360. The van der Waals surface area contributed by atoms with E-state index in [-0.39, 0.29) is 58.9 Å². The molecule has 0 aliphatic heterocycles. The summed E-state index contributed by atoms with van der Waals surface area (Å²) in [6.45, 7) is 28.0. The highest BCUT2D eigenvalue weighted by Gasteiger charge is 2.18. The van der Waals surface area contributed by atoms with Gasteiger partial charge in [0, 0.05) is 72.0 Å². The zero-order chi connectivity index (χ0) is 62.0. The van der Waals surface area contributed by atoms with Crippen LogP contribution in [0.4, 0.5) is 56.0 Å². The van der Waals surface area contributed by atoms with Crippen LogP contribution in [0.25, 0.3) is 0 Å². The zero-order valence-electron chi connectivity index (χ0n) is 49.1. The van der Waals surface area contributed by atoms with Gasteiger partial charge in [0.05, 0.1) is 0 Å². The Morgan fingerprint density at radius 3 is 0.872 bits per heavy atom. The number of nitrogens with zero attached hydrogens (tertiary/aromatic N) is 12. The molecule has 0 atom stereocenters. The average Bonchev–Trinajstić information content (AvgIpc) is 3.61. The van der Waals surface area contributed by atoms with Crippen molar-refractivity contribution in [1.82, 2.24) is 75.8 Å². The smallest absolute Gasteiger partial charge is 0.407 e. The Kier molecular flexibility index (Phi) is 58.5. The highest BCUT2D eigenvalue weighted by molar-refractivity contribution is 7.98. The molecule has 86 heavy (non-hydrogen) atoms. The summed E-state index contributed by atoms with van der Waals surface area (Å²) < 4.78 is 15.3. The van der Waals surface area contributed by atoms with Gasteiger partial charge in [-0.05, 0) is 144 Å². The lowest BCUT2D eigenvalue weighted by Crippen LogP contribution is -2.35. The number of amides is 3. The molecule has 4 aromatic heterocycles. The number of alkyl carbamates (subject to hydrolysis) is 3. The number of aromatic nitrogens is 12. The van der Waals surface area contributed by atoms with Gasteiger partial charge in [0.15, 0.2) is 10.3 Å². The van der Waals surface area contributed by atoms with Crippen molar-refractivity contribution >= 4 is 131 Å². The van der Waals surface area contributed by atoms with Gasteiger partial charge < -0.3 is 78.8 Å². The molecule has 14 N–H and O–H groups in total. The van der Waals surface area contributed by atoms with Crippen LogP contribution in [0.5, 0.6) is 0 Å². The molecule has 36 heteroatoms. The zero-order valence-corrected chi connectivity index (χ0v) is 53.9.